The molecule has 1 saturated heterocycles. The van der Waals surface area contributed by atoms with Gasteiger partial charge in [0.15, 0.2) is 0 Å². The van der Waals surface area contributed by atoms with Gasteiger partial charge >= 0.3 is 0 Å². The Labute approximate surface area is 142 Å². The fourth-order valence-electron chi connectivity index (χ4n) is 2.53. The molecule has 0 aromatic heterocycles. The number of halogens is 2. The van der Waals surface area contributed by atoms with E-state index in [1.807, 2.05) is 7.05 Å². The lowest BCUT2D eigenvalue weighted by atomic mass is 10.0. The first-order valence-corrected chi connectivity index (χ1v) is 7.43. The monoisotopic (exact) mass is 342 g/mol. The maximum atomic E-state index is 11.5. The van der Waals surface area contributed by atoms with Crippen molar-refractivity contribution >= 4 is 30.7 Å². The molecule has 1 aliphatic rings. The van der Waals surface area contributed by atoms with Crippen LogP contribution in [-0.2, 0) is 4.79 Å². The summed E-state index contributed by atoms with van der Waals surface area (Å²) < 4.78 is 0. The second kappa shape index (κ2) is 13.6. The minimum absolute atomic E-state index is 0. The van der Waals surface area contributed by atoms with Crippen molar-refractivity contribution in [2.24, 2.45) is 0 Å². The molecule has 128 valence electrons. The number of nitrogens with zero attached hydrogens (tertiary/aromatic N) is 2. The number of nitrogens with one attached hydrogen (secondary N) is 2. The van der Waals surface area contributed by atoms with Gasteiger partial charge in [-0.05, 0) is 60.0 Å². The number of amides is 1. The Morgan fingerprint density at radius 1 is 1.19 bits per heavy atom. The standard InChI is InChI=1S/C14H30N4O.2ClH/c1-15-8-4-5-14(19)16-9-12-18-10-6-13(7-11-18)17(2)3;;/h13,15H,4-12H2,1-3H3,(H,16,19);2*1H. The molecule has 0 atom stereocenters. The molecule has 1 amide bonds. The Balaban J connectivity index is 0. The van der Waals surface area contributed by atoms with Crippen LogP contribution in [0.4, 0.5) is 0 Å². The highest BCUT2D eigenvalue weighted by Gasteiger charge is 2.19. The third-order valence-corrected chi connectivity index (χ3v) is 3.87. The fourth-order valence-corrected chi connectivity index (χ4v) is 2.53. The summed E-state index contributed by atoms with van der Waals surface area (Å²) in [6, 6.07) is 0.729. The highest BCUT2D eigenvalue weighted by atomic mass is 35.5. The van der Waals surface area contributed by atoms with Crippen LogP contribution < -0.4 is 10.6 Å². The molecule has 0 spiro atoms. The van der Waals surface area contributed by atoms with E-state index in [4.69, 9.17) is 0 Å². The van der Waals surface area contributed by atoms with Crippen LogP contribution >= 0.6 is 24.8 Å². The van der Waals surface area contributed by atoms with E-state index in [0.717, 1.165) is 45.2 Å². The molecule has 1 aliphatic heterocycles. The SMILES string of the molecule is CNCCCC(=O)NCCN1CCC(N(C)C)CC1.Cl.Cl. The summed E-state index contributed by atoms with van der Waals surface area (Å²) in [6.07, 6.45) is 4.02. The van der Waals surface area contributed by atoms with E-state index in [9.17, 15) is 4.79 Å². The largest absolute Gasteiger partial charge is 0.355 e. The van der Waals surface area contributed by atoms with Gasteiger partial charge in [-0.25, -0.2) is 0 Å². The molecule has 0 aromatic carbocycles. The molecule has 5 nitrogen and oxygen atoms in total. The van der Waals surface area contributed by atoms with Crippen molar-refractivity contribution in [2.75, 3.05) is 53.9 Å². The molecule has 0 saturated carbocycles. The Hall–Kier alpha value is -0.0700. The van der Waals surface area contributed by atoms with E-state index < -0.39 is 0 Å². The number of hydrogen-bond acceptors (Lipinski definition) is 4. The smallest absolute Gasteiger partial charge is 0.220 e. The molecule has 0 radical (unpaired) electrons. The van der Waals surface area contributed by atoms with Crippen LogP contribution in [0.15, 0.2) is 0 Å². The van der Waals surface area contributed by atoms with Crippen molar-refractivity contribution in [1.82, 2.24) is 20.4 Å². The van der Waals surface area contributed by atoms with Crippen LogP contribution in [0.25, 0.3) is 0 Å². The van der Waals surface area contributed by atoms with Gasteiger partial charge in [-0.1, -0.05) is 0 Å². The summed E-state index contributed by atoms with van der Waals surface area (Å²) in [5.41, 5.74) is 0. The molecule has 0 bridgehead atoms. The molecule has 0 aliphatic carbocycles. The number of likely N-dealkylation sites (tertiary alicyclic amines) is 1. The fraction of sp³-hybridized carbons (Fsp3) is 0.929. The summed E-state index contributed by atoms with van der Waals surface area (Å²) >= 11 is 0. The first kappa shape index (κ1) is 23.2. The molecular formula is C14H32Cl2N4O. The van der Waals surface area contributed by atoms with Crippen molar-refractivity contribution in [1.29, 1.82) is 0 Å². The van der Waals surface area contributed by atoms with Gasteiger partial charge in [0, 0.05) is 25.6 Å². The van der Waals surface area contributed by atoms with Gasteiger partial charge in [0.25, 0.3) is 0 Å². The number of hydrogen-bond donors (Lipinski definition) is 2. The summed E-state index contributed by atoms with van der Waals surface area (Å²) in [4.78, 5) is 16.3. The highest BCUT2D eigenvalue weighted by Crippen LogP contribution is 2.13. The minimum atomic E-state index is 0. The predicted molar refractivity (Wildman–Crippen MR) is 93.8 cm³/mol. The minimum Gasteiger partial charge on any atom is -0.355 e. The maximum absolute atomic E-state index is 11.5. The third-order valence-electron chi connectivity index (χ3n) is 3.87. The molecule has 0 unspecified atom stereocenters. The summed E-state index contributed by atoms with van der Waals surface area (Å²) in [5, 5.41) is 6.06. The molecule has 0 aromatic rings. The number of carbonyl (C=O) groups excluding carboxylic acids is 1. The van der Waals surface area contributed by atoms with E-state index in [2.05, 4.69) is 34.5 Å². The summed E-state index contributed by atoms with van der Waals surface area (Å²) in [7, 11) is 6.23. The lowest BCUT2D eigenvalue weighted by Crippen LogP contribution is -2.44. The van der Waals surface area contributed by atoms with Crippen LogP contribution in [-0.4, -0.2) is 75.6 Å². The average molecular weight is 343 g/mol. The molecule has 2 N–H and O–H groups in total. The predicted octanol–water partition coefficient (Wildman–Crippen LogP) is 0.972. The van der Waals surface area contributed by atoms with Gasteiger partial charge in [-0.3, -0.25) is 4.79 Å². The van der Waals surface area contributed by atoms with Crippen molar-refractivity contribution in [3.8, 4) is 0 Å². The second-order valence-electron chi connectivity index (χ2n) is 5.59. The molecule has 1 heterocycles. The van der Waals surface area contributed by atoms with Crippen LogP contribution in [0.2, 0.25) is 0 Å². The van der Waals surface area contributed by atoms with Crippen molar-refractivity contribution < 1.29 is 4.79 Å². The van der Waals surface area contributed by atoms with Crippen LogP contribution in [0.5, 0.6) is 0 Å². The maximum Gasteiger partial charge on any atom is 0.220 e. The zero-order valence-electron chi connectivity index (χ0n) is 13.6. The van der Waals surface area contributed by atoms with Crippen molar-refractivity contribution in [3.05, 3.63) is 0 Å². The third kappa shape index (κ3) is 10.3. The number of piperidine rings is 1. The van der Waals surface area contributed by atoms with Crippen LogP contribution in [0.3, 0.4) is 0 Å². The summed E-state index contributed by atoms with van der Waals surface area (Å²) in [5.74, 6) is 0.179. The van der Waals surface area contributed by atoms with Crippen LogP contribution in [0.1, 0.15) is 25.7 Å². The number of rotatable bonds is 8. The van der Waals surface area contributed by atoms with Gasteiger partial charge in [-0.2, -0.15) is 0 Å². The summed E-state index contributed by atoms with van der Waals surface area (Å²) in [6.45, 7) is 4.98. The van der Waals surface area contributed by atoms with E-state index in [-0.39, 0.29) is 30.7 Å². The van der Waals surface area contributed by atoms with Gasteiger partial charge in [-0.15, -0.1) is 24.8 Å². The first-order valence-electron chi connectivity index (χ1n) is 7.43. The molecule has 7 heteroatoms. The zero-order chi connectivity index (χ0) is 14.1. The quantitative estimate of drug-likeness (QED) is 0.645. The van der Waals surface area contributed by atoms with Crippen molar-refractivity contribution in [3.63, 3.8) is 0 Å². The van der Waals surface area contributed by atoms with Crippen molar-refractivity contribution in [2.45, 2.75) is 31.7 Å². The Bertz CT molecular complexity index is 259. The van der Waals surface area contributed by atoms with Gasteiger partial charge < -0.3 is 20.4 Å². The lowest BCUT2D eigenvalue weighted by Gasteiger charge is -2.35. The topological polar surface area (TPSA) is 47.6 Å². The zero-order valence-corrected chi connectivity index (χ0v) is 15.2. The Kier molecular flexibility index (Phi) is 15.0. The second-order valence-corrected chi connectivity index (χ2v) is 5.59. The van der Waals surface area contributed by atoms with Gasteiger partial charge in [0.1, 0.15) is 0 Å². The number of carbonyl (C=O) groups is 1. The molecule has 21 heavy (non-hydrogen) atoms. The lowest BCUT2D eigenvalue weighted by molar-refractivity contribution is -0.121. The van der Waals surface area contributed by atoms with Crippen LogP contribution in [0, 0.1) is 0 Å². The Morgan fingerprint density at radius 2 is 1.81 bits per heavy atom. The van der Waals surface area contributed by atoms with Gasteiger partial charge in [0.05, 0.1) is 0 Å². The Morgan fingerprint density at radius 3 is 2.33 bits per heavy atom. The van der Waals surface area contributed by atoms with E-state index >= 15 is 0 Å². The van der Waals surface area contributed by atoms with E-state index in [1.165, 1.54) is 12.8 Å². The molecule has 1 fully saturated rings. The first-order chi connectivity index (χ1) is 9.13. The molecule has 1 rings (SSSR count). The van der Waals surface area contributed by atoms with E-state index in [1.54, 1.807) is 0 Å². The average Bonchev–Trinajstić information content (AvgIpc) is 2.39. The van der Waals surface area contributed by atoms with E-state index in [0.29, 0.717) is 6.42 Å². The highest BCUT2D eigenvalue weighted by molar-refractivity contribution is 5.85. The van der Waals surface area contributed by atoms with Gasteiger partial charge in [0.2, 0.25) is 5.91 Å². The molecular weight excluding hydrogens is 311 g/mol. The normalized spacial score (nSPS) is 16.2.